The Morgan fingerprint density at radius 1 is 1.04 bits per heavy atom. The van der Waals surface area contributed by atoms with Crippen LogP contribution in [-0.4, -0.2) is 9.78 Å². The highest BCUT2D eigenvalue weighted by atomic mass is 35.5. The third kappa shape index (κ3) is 4.31. The molecule has 0 aliphatic rings. The Labute approximate surface area is 160 Å². The second-order valence-corrected chi connectivity index (χ2v) is 6.49. The van der Waals surface area contributed by atoms with E-state index in [0.717, 1.165) is 28.9 Å². The molecule has 1 aromatic heterocycles. The first-order valence-electron chi connectivity index (χ1n) is 7.40. The van der Waals surface area contributed by atoms with Gasteiger partial charge >= 0.3 is 6.18 Å². The molecule has 0 N–H and O–H groups in total. The van der Waals surface area contributed by atoms with Crippen molar-refractivity contribution in [2.75, 3.05) is 0 Å². The molecule has 2 nitrogen and oxygen atoms in total. The molecule has 27 heavy (non-hydrogen) atoms. The Morgan fingerprint density at radius 2 is 1.78 bits per heavy atom. The molecule has 0 unspecified atom stereocenters. The minimum atomic E-state index is -4.54. The molecular weight excluding hydrogens is 410 g/mol. The van der Waals surface area contributed by atoms with Crippen molar-refractivity contribution in [3.05, 3.63) is 75.9 Å². The van der Waals surface area contributed by atoms with Crippen LogP contribution in [0.15, 0.2) is 53.2 Å². The first kappa shape index (κ1) is 19.4. The van der Waals surface area contributed by atoms with E-state index in [1.54, 1.807) is 0 Å². The number of halogens is 7. The first-order valence-corrected chi connectivity index (χ1v) is 8.16. The van der Waals surface area contributed by atoms with Crippen LogP contribution in [0.2, 0.25) is 0 Å². The molecule has 0 amide bonds. The van der Waals surface area contributed by atoms with Crippen LogP contribution in [0, 0.1) is 11.6 Å². The molecule has 0 bridgehead atoms. The van der Waals surface area contributed by atoms with Gasteiger partial charge in [-0.2, -0.15) is 18.3 Å². The SMILES string of the molecule is Fc1ccc(-n2cc(C=C(Cl)Cl)c(-c3cccc(C(F)(F)F)c3)n2)c(F)c1. The van der Waals surface area contributed by atoms with Gasteiger partial charge in [-0.3, -0.25) is 0 Å². The monoisotopic (exact) mass is 418 g/mol. The Morgan fingerprint density at radius 3 is 2.41 bits per heavy atom. The van der Waals surface area contributed by atoms with Crippen molar-refractivity contribution in [2.24, 2.45) is 0 Å². The molecular formula is C18H9Cl2F5N2. The fourth-order valence-corrected chi connectivity index (χ4v) is 2.70. The quantitative estimate of drug-likeness (QED) is 0.437. The van der Waals surface area contributed by atoms with Gasteiger partial charge in [0.15, 0.2) is 5.82 Å². The predicted molar refractivity (Wildman–Crippen MR) is 93.6 cm³/mol. The van der Waals surface area contributed by atoms with Gasteiger partial charge in [0.25, 0.3) is 0 Å². The fourth-order valence-electron chi connectivity index (χ4n) is 2.47. The summed E-state index contributed by atoms with van der Waals surface area (Å²) in [6, 6.07) is 7.34. The molecule has 0 aliphatic heterocycles. The minimum absolute atomic E-state index is 0.0880. The van der Waals surface area contributed by atoms with Crippen molar-refractivity contribution in [2.45, 2.75) is 6.18 Å². The number of aromatic nitrogens is 2. The summed E-state index contributed by atoms with van der Waals surface area (Å²) in [7, 11) is 0. The summed E-state index contributed by atoms with van der Waals surface area (Å²) < 4.78 is 67.0. The summed E-state index contributed by atoms with van der Waals surface area (Å²) in [5, 5.41) is 4.14. The molecule has 140 valence electrons. The topological polar surface area (TPSA) is 17.8 Å². The lowest BCUT2D eigenvalue weighted by atomic mass is 10.0. The van der Waals surface area contributed by atoms with Crippen LogP contribution in [-0.2, 0) is 6.18 Å². The van der Waals surface area contributed by atoms with Gasteiger partial charge < -0.3 is 0 Å². The van der Waals surface area contributed by atoms with Crippen molar-refractivity contribution in [3.8, 4) is 16.9 Å². The summed E-state index contributed by atoms with van der Waals surface area (Å²) in [6.45, 7) is 0. The third-order valence-electron chi connectivity index (χ3n) is 3.63. The normalized spacial score (nSPS) is 11.5. The lowest BCUT2D eigenvalue weighted by Gasteiger charge is -2.08. The number of benzene rings is 2. The number of alkyl halides is 3. The van der Waals surface area contributed by atoms with Gasteiger partial charge in [-0.15, -0.1) is 0 Å². The van der Waals surface area contributed by atoms with Gasteiger partial charge in [0.1, 0.15) is 21.7 Å². The number of hydrogen-bond acceptors (Lipinski definition) is 1. The standard InChI is InChI=1S/C18H9Cl2F5N2/c19-16(20)7-11-9-27(15-5-4-13(21)8-14(15)22)26-17(11)10-2-1-3-12(6-10)18(23,24)25/h1-9H. The smallest absolute Gasteiger partial charge is 0.237 e. The average molecular weight is 419 g/mol. The molecule has 3 aromatic rings. The van der Waals surface area contributed by atoms with E-state index < -0.39 is 23.4 Å². The molecule has 0 fully saturated rings. The maximum absolute atomic E-state index is 14.0. The average Bonchev–Trinajstić information content (AvgIpc) is 2.97. The Bertz CT molecular complexity index is 1020. The Balaban J connectivity index is 2.18. The van der Waals surface area contributed by atoms with Crippen LogP contribution in [0.4, 0.5) is 22.0 Å². The fraction of sp³-hybridized carbons (Fsp3) is 0.0556. The molecule has 9 heteroatoms. The highest BCUT2D eigenvalue weighted by Crippen LogP contribution is 2.34. The second-order valence-electron chi connectivity index (χ2n) is 5.49. The van der Waals surface area contributed by atoms with Gasteiger partial charge in [-0.05, 0) is 30.3 Å². The van der Waals surface area contributed by atoms with E-state index in [4.69, 9.17) is 23.2 Å². The van der Waals surface area contributed by atoms with E-state index >= 15 is 0 Å². The van der Waals surface area contributed by atoms with Crippen molar-refractivity contribution in [3.63, 3.8) is 0 Å². The maximum Gasteiger partial charge on any atom is 0.416 e. The van der Waals surface area contributed by atoms with E-state index in [9.17, 15) is 22.0 Å². The number of rotatable bonds is 3. The van der Waals surface area contributed by atoms with Gasteiger partial charge in [-0.1, -0.05) is 35.3 Å². The molecule has 3 rings (SSSR count). The van der Waals surface area contributed by atoms with Gasteiger partial charge in [0.2, 0.25) is 0 Å². The van der Waals surface area contributed by atoms with Gasteiger partial charge in [0.05, 0.1) is 5.56 Å². The maximum atomic E-state index is 14.0. The van der Waals surface area contributed by atoms with Crippen LogP contribution < -0.4 is 0 Å². The molecule has 1 heterocycles. The summed E-state index contributed by atoms with van der Waals surface area (Å²) in [4.78, 5) is 0. The zero-order valence-electron chi connectivity index (χ0n) is 13.2. The lowest BCUT2D eigenvalue weighted by molar-refractivity contribution is -0.137. The van der Waals surface area contributed by atoms with Crippen molar-refractivity contribution in [1.82, 2.24) is 9.78 Å². The van der Waals surface area contributed by atoms with Crippen molar-refractivity contribution < 1.29 is 22.0 Å². The minimum Gasteiger partial charge on any atom is -0.237 e. The highest BCUT2D eigenvalue weighted by molar-refractivity contribution is 6.57. The zero-order chi connectivity index (χ0) is 19.8. The highest BCUT2D eigenvalue weighted by Gasteiger charge is 2.30. The van der Waals surface area contributed by atoms with E-state index in [1.165, 1.54) is 24.4 Å². The number of nitrogens with zero attached hydrogens (tertiary/aromatic N) is 2. The molecule has 0 atom stereocenters. The van der Waals surface area contributed by atoms with Crippen LogP contribution in [0.25, 0.3) is 23.0 Å². The molecule has 0 saturated carbocycles. The Hall–Kier alpha value is -2.38. The number of hydrogen-bond donors (Lipinski definition) is 0. The zero-order valence-corrected chi connectivity index (χ0v) is 14.7. The lowest BCUT2D eigenvalue weighted by Crippen LogP contribution is -2.04. The molecule has 0 spiro atoms. The molecule has 0 aliphatic carbocycles. The molecule has 0 radical (unpaired) electrons. The molecule has 2 aromatic carbocycles. The van der Waals surface area contributed by atoms with E-state index in [-0.39, 0.29) is 27.0 Å². The van der Waals surface area contributed by atoms with Gasteiger partial charge in [-0.25, -0.2) is 13.5 Å². The van der Waals surface area contributed by atoms with Crippen LogP contribution >= 0.6 is 23.2 Å². The van der Waals surface area contributed by atoms with Crippen molar-refractivity contribution >= 4 is 29.3 Å². The van der Waals surface area contributed by atoms with E-state index in [0.29, 0.717) is 6.07 Å². The molecule has 0 saturated heterocycles. The first-order chi connectivity index (χ1) is 12.6. The summed E-state index contributed by atoms with van der Waals surface area (Å²) in [6.07, 6.45) is -1.94. The third-order valence-corrected chi connectivity index (χ3v) is 3.85. The van der Waals surface area contributed by atoms with Crippen LogP contribution in [0.5, 0.6) is 0 Å². The predicted octanol–water partition coefficient (Wildman–Crippen LogP) is 6.61. The van der Waals surface area contributed by atoms with Gasteiger partial charge in [0, 0.05) is 23.4 Å². The summed E-state index contributed by atoms with van der Waals surface area (Å²) in [5.41, 5.74) is -0.460. The van der Waals surface area contributed by atoms with Crippen LogP contribution in [0.3, 0.4) is 0 Å². The largest absolute Gasteiger partial charge is 0.416 e. The Kier molecular flexibility index (Phi) is 5.26. The van der Waals surface area contributed by atoms with Crippen LogP contribution in [0.1, 0.15) is 11.1 Å². The summed E-state index contributed by atoms with van der Waals surface area (Å²) in [5.74, 6) is -1.66. The van der Waals surface area contributed by atoms with Crippen molar-refractivity contribution in [1.29, 1.82) is 0 Å². The van der Waals surface area contributed by atoms with E-state index in [2.05, 4.69) is 5.10 Å². The van der Waals surface area contributed by atoms with E-state index in [1.807, 2.05) is 0 Å². The summed E-state index contributed by atoms with van der Waals surface area (Å²) >= 11 is 11.3. The second kappa shape index (κ2) is 7.32.